The number of halogens is 2. The van der Waals surface area contributed by atoms with Crippen LogP contribution < -0.4 is 11.1 Å². The van der Waals surface area contributed by atoms with Crippen molar-refractivity contribution in [2.24, 2.45) is 5.73 Å². The molecule has 0 saturated carbocycles. The van der Waals surface area contributed by atoms with E-state index in [9.17, 15) is 4.79 Å². The van der Waals surface area contributed by atoms with Crippen LogP contribution in [0.15, 0.2) is 30.9 Å². The number of hydrogen-bond acceptors (Lipinski definition) is 2. The van der Waals surface area contributed by atoms with E-state index < -0.39 is 6.04 Å². The molecule has 1 rings (SSSR count). The predicted molar refractivity (Wildman–Crippen MR) is 67.9 cm³/mol. The first-order valence-corrected chi connectivity index (χ1v) is 5.42. The maximum absolute atomic E-state index is 11.6. The van der Waals surface area contributed by atoms with Crippen LogP contribution in [0, 0.1) is 0 Å². The van der Waals surface area contributed by atoms with Crippen molar-refractivity contribution in [3.63, 3.8) is 0 Å². The normalized spacial score (nSPS) is 11.9. The van der Waals surface area contributed by atoms with Crippen molar-refractivity contribution in [1.82, 2.24) is 0 Å². The van der Waals surface area contributed by atoms with Gasteiger partial charge in [0.25, 0.3) is 0 Å². The molecule has 0 aliphatic rings. The summed E-state index contributed by atoms with van der Waals surface area (Å²) in [5.74, 6) is -0.302. The van der Waals surface area contributed by atoms with Gasteiger partial charge in [0.1, 0.15) is 0 Å². The Balaban J connectivity index is 2.73. The second-order valence-corrected chi connectivity index (χ2v) is 4.09. The standard InChI is InChI=1S/C11H12Cl2N2O/c1-2-3-9(14)11(16)15-10-5-4-7(12)6-8(10)13/h2,4-6,9H,1,3,14H2,(H,15,16). The minimum atomic E-state index is -0.621. The van der Waals surface area contributed by atoms with Gasteiger partial charge in [0.05, 0.1) is 16.8 Å². The molecule has 0 heterocycles. The zero-order valence-corrected chi connectivity index (χ0v) is 10.1. The minimum absolute atomic E-state index is 0.302. The number of benzene rings is 1. The maximum atomic E-state index is 11.6. The third kappa shape index (κ3) is 3.52. The highest BCUT2D eigenvalue weighted by molar-refractivity contribution is 6.36. The zero-order chi connectivity index (χ0) is 12.1. The molecule has 3 N–H and O–H groups in total. The molecule has 0 aliphatic carbocycles. The van der Waals surface area contributed by atoms with Crippen molar-refractivity contribution in [3.8, 4) is 0 Å². The van der Waals surface area contributed by atoms with Crippen LogP contribution >= 0.6 is 23.2 Å². The monoisotopic (exact) mass is 258 g/mol. The molecule has 16 heavy (non-hydrogen) atoms. The summed E-state index contributed by atoms with van der Waals surface area (Å²) >= 11 is 11.6. The lowest BCUT2D eigenvalue weighted by atomic mass is 10.2. The number of anilines is 1. The Labute approximate surface area is 104 Å². The molecule has 1 unspecified atom stereocenters. The second-order valence-electron chi connectivity index (χ2n) is 3.24. The molecule has 0 spiro atoms. The Bertz CT molecular complexity index is 407. The van der Waals surface area contributed by atoms with E-state index in [2.05, 4.69) is 11.9 Å². The molecule has 1 aromatic rings. The first-order valence-electron chi connectivity index (χ1n) is 4.67. The van der Waals surface area contributed by atoms with Crippen LogP contribution in [0.25, 0.3) is 0 Å². The van der Waals surface area contributed by atoms with Crippen molar-refractivity contribution >= 4 is 34.8 Å². The Morgan fingerprint density at radius 1 is 1.56 bits per heavy atom. The summed E-state index contributed by atoms with van der Waals surface area (Å²) in [6, 6.07) is 4.20. The fraction of sp³-hybridized carbons (Fsp3) is 0.182. The molecule has 1 atom stereocenters. The van der Waals surface area contributed by atoms with Gasteiger partial charge in [-0.1, -0.05) is 29.3 Å². The van der Waals surface area contributed by atoms with Crippen molar-refractivity contribution < 1.29 is 4.79 Å². The largest absolute Gasteiger partial charge is 0.323 e. The van der Waals surface area contributed by atoms with Crippen molar-refractivity contribution in [2.45, 2.75) is 12.5 Å². The average molecular weight is 259 g/mol. The van der Waals surface area contributed by atoms with Gasteiger partial charge in [0, 0.05) is 5.02 Å². The van der Waals surface area contributed by atoms with Crippen molar-refractivity contribution in [1.29, 1.82) is 0 Å². The molecule has 0 radical (unpaired) electrons. The zero-order valence-electron chi connectivity index (χ0n) is 8.54. The lowest BCUT2D eigenvalue weighted by Crippen LogP contribution is -2.35. The summed E-state index contributed by atoms with van der Waals surface area (Å²) in [6.07, 6.45) is 2.00. The molecule has 0 bridgehead atoms. The molecule has 86 valence electrons. The van der Waals surface area contributed by atoms with Gasteiger partial charge in [0.15, 0.2) is 0 Å². The lowest BCUT2D eigenvalue weighted by molar-refractivity contribution is -0.117. The molecule has 0 saturated heterocycles. The maximum Gasteiger partial charge on any atom is 0.241 e. The summed E-state index contributed by atoms with van der Waals surface area (Å²) in [7, 11) is 0. The van der Waals surface area contributed by atoms with E-state index in [0.717, 1.165) is 0 Å². The van der Waals surface area contributed by atoms with Crippen LogP contribution in [0.3, 0.4) is 0 Å². The Kier molecular flexibility index (Phi) is 4.80. The summed E-state index contributed by atoms with van der Waals surface area (Å²) in [5.41, 5.74) is 6.10. The van der Waals surface area contributed by atoms with Crippen LogP contribution in [0.2, 0.25) is 10.0 Å². The Morgan fingerprint density at radius 3 is 2.81 bits per heavy atom. The summed E-state index contributed by atoms with van der Waals surface area (Å²) in [4.78, 5) is 11.6. The average Bonchev–Trinajstić information content (AvgIpc) is 2.22. The number of amides is 1. The highest BCUT2D eigenvalue weighted by atomic mass is 35.5. The predicted octanol–water partition coefficient (Wildman–Crippen LogP) is 2.84. The first kappa shape index (κ1) is 13.0. The van der Waals surface area contributed by atoms with Crippen LogP contribution in [-0.2, 0) is 4.79 Å². The number of nitrogens with one attached hydrogen (secondary N) is 1. The van der Waals surface area contributed by atoms with E-state index in [4.69, 9.17) is 28.9 Å². The number of carbonyl (C=O) groups is 1. The highest BCUT2D eigenvalue weighted by Gasteiger charge is 2.13. The Morgan fingerprint density at radius 2 is 2.25 bits per heavy atom. The molecule has 1 aromatic carbocycles. The topological polar surface area (TPSA) is 55.1 Å². The van der Waals surface area contributed by atoms with E-state index in [0.29, 0.717) is 22.2 Å². The van der Waals surface area contributed by atoms with E-state index >= 15 is 0 Å². The summed E-state index contributed by atoms with van der Waals surface area (Å²) in [5, 5.41) is 3.51. The van der Waals surface area contributed by atoms with Crippen molar-refractivity contribution in [3.05, 3.63) is 40.9 Å². The van der Waals surface area contributed by atoms with E-state index in [1.165, 1.54) is 0 Å². The second kappa shape index (κ2) is 5.89. The quantitative estimate of drug-likeness (QED) is 0.817. The fourth-order valence-corrected chi connectivity index (χ4v) is 1.56. The van der Waals surface area contributed by atoms with Gasteiger partial charge in [-0.05, 0) is 24.6 Å². The minimum Gasteiger partial charge on any atom is -0.323 e. The van der Waals surface area contributed by atoms with Gasteiger partial charge in [-0.3, -0.25) is 4.79 Å². The van der Waals surface area contributed by atoms with Crippen LogP contribution in [0.4, 0.5) is 5.69 Å². The Hall–Kier alpha value is -1.03. The lowest BCUT2D eigenvalue weighted by Gasteiger charge is -2.11. The molecule has 5 heteroatoms. The number of carbonyl (C=O) groups excluding carboxylic acids is 1. The third-order valence-electron chi connectivity index (χ3n) is 1.95. The third-order valence-corrected chi connectivity index (χ3v) is 2.49. The summed E-state index contributed by atoms with van der Waals surface area (Å²) in [6.45, 7) is 3.52. The number of rotatable bonds is 4. The molecule has 0 aliphatic heterocycles. The smallest absolute Gasteiger partial charge is 0.241 e. The van der Waals surface area contributed by atoms with E-state index in [-0.39, 0.29) is 5.91 Å². The molecule has 1 amide bonds. The van der Waals surface area contributed by atoms with Crippen LogP contribution in [0.5, 0.6) is 0 Å². The molecule has 0 aromatic heterocycles. The number of nitrogens with two attached hydrogens (primary N) is 1. The van der Waals surface area contributed by atoms with Crippen molar-refractivity contribution in [2.75, 3.05) is 5.32 Å². The molecule has 0 fully saturated rings. The van der Waals surface area contributed by atoms with Gasteiger partial charge in [0.2, 0.25) is 5.91 Å². The molecular formula is C11H12Cl2N2O. The van der Waals surface area contributed by atoms with E-state index in [1.807, 2.05) is 0 Å². The van der Waals surface area contributed by atoms with Gasteiger partial charge in [-0.2, -0.15) is 0 Å². The van der Waals surface area contributed by atoms with Gasteiger partial charge >= 0.3 is 0 Å². The van der Waals surface area contributed by atoms with E-state index in [1.54, 1.807) is 24.3 Å². The fourth-order valence-electron chi connectivity index (χ4n) is 1.10. The molecule has 3 nitrogen and oxygen atoms in total. The highest BCUT2D eigenvalue weighted by Crippen LogP contribution is 2.25. The SMILES string of the molecule is C=CCC(N)C(=O)Nc1ccc(Cl)cc1Cl. The molecular weight excluding hydrogens is 247 g/mol. The van der Waals surface area contributed by atoms with Crippen LogP contribution in [-0.4, -0.2) is 11.9 Å². The summed E-state index contributed by atoms with van der Waals surface area (Å²) < 4.78 is 0. The first-order chi connectivity index (χ1) is 7.54. The number of hydrogen-bond donors (Lipinski definition) is 2. The van der Waals surface area contributed by atoms with Crippen LogP contribution in [0.1, 0.15) is 6.42 Å². The van der Waals surface area contributed by atoms with Gasteiger partial charge in [-0.15, -0.1) is 6.58 Å². The van der Waals surface area contributed by atoms with Gasteiger partial charge in [-0.25, -0.2) is 0 Å². The van der Waals surface area contributed by atoms with Gasteiger partial charge < -0.3 is 11.1 Å².